The number of amides is 2. The average molecular weight is 334 g/mol. The zero-order chi connectivity index (χ0) is 14.1. The molecule has 0 spiro atoms. The van der Waals surface area contributed by atoms with Gasteiger partial charge in [0.1, 0.15) is 6.04 Å². The van der Waals surface area contributed by atoms with Gasteiger partial charge in [-0.05, 0) is 19.3 Å². The molecule has 0 bridgehead atoms. The normalized spacial score (nSPS) is 29.8. The fraction of sp³-hybridized carbons (Fsp3) is 0.857. The lowest BCUT2D eigenvalue weighted by molar-refractivity contribution is -0.145. The molecular formula is C14H24ClN3O2S. The number of carbonyl (C=O) groups is 2. The Morgan fingerprint density at radius 3 is 2.43 bits per heavy atom. The fourth-order valence-electron chi connectivity index (χ4n) is 3.47. The number of hydrogen-bond donors (Lipinski definition) is 1. The molecule has 3 aliphatic rings. The van der Waals surface area contributed by atoms with Crippen LogP contribution in [0, 0.1) is 5.92 Å². The maximum Gasteiger partial charge on any atom is 0.246 e. The zero-order valence-electron chi connectivity index (χ0n) is 12.2. The molecule has 1 saturated carbocycles. The van der Waals surface area contributed by atoms with E-state index in [1.807, 2.05) is 9.80 Å². The SMILES string of the molecule is Cl.N[C@@H]1CCN(C(=O)C2CSCN2C(=O)C2CCCC2)C1. The third kappa shape index (κ3) is 3.48. The minimum atomic E-state index is -0.251. The molecule has 5 nitrogen and oxygen atoms in total. The van der Waals surface area contributed by atoms with Gasteiger partial charge in [-0.15, -0.1) is 24.2 Å². The van der Waals surface area contributed by atoms with E-state index in [2.05, 4.69) is 0 Å². The first kappa shape index (κ1) is 16.9. The van der Waals surface area contributed by atoms with Gasteiger partial charge < -0.3 is 15.5 Å². The van der Waals surface area contributed by atoms with Crippen LogP contribution in [0.1, 0.15) is 32.1 Å². The second-order valence-electron chi connectivity index (χ2n) is 6.14. The molecule has 3 fully saturated rings. The second-order valence-corrected chi connectivity index (χ2v) is 7.14. The van der Waals surface area contributed by atoms with Gasteiger partial charge in [-0.2, -0.15) is 0 Å². The van der Waals surface area contributed by atoms with Crippen LogP contribution in [0.5, 0.6) is 0 Å². The van der Waals surface area contributed by atoms with Crippen LogP contribution >= 0.6 is 24.2 Å². The van der Waals surface area contributed by atoms with Gasteiger partial charge in [0.05, 0.1) is 5.88 Å². The summed E-state index contributed by atoms with van der Waals surface area (Å²) in [5.41, 5.74) is 5.88. The molecule has 0 aromatic carbocycles. The molecule has 7 heteroatoms. The first-order chi connectivity index (χ1) is 9.66. The van der Waals surface area contributed by atoms with Crippen LogP contribution in [0.4, 0.5) is 0 Å². The molecule has 0 aromatic heterocycles. The van der Waals surface area contributed by atoms with E-state index in [4.69, 9.17) is 5.73 Å². The number of thioether (sulfide) groups is 1. The van der Waals surface area contributed by atoms with E-state index in [9.17, 15) is 9.59 Å². The van der Waals surface area contributed by atoms with Crippen LogP contribution in [-0.2, 0) is 9.59 Å². The molecule has 3 rings (SSSR count). The summed E-state index contributed by atoms with van der Waals surface area (Å²) < 4.78 is 0. The second kappa shape index (κ2) is 7.20. The third-order valence-corrected chi connectivity index (χ3v) is 5.70. The Morgan fingerprint density at radius 1 is 1.10 bits per heavy atom. The van der Waals surface area contributed by atoms with E-state index in [0.717, 1.165) is 44.4 Å². The van der Waals surface area contributed by atoms with E-state index in [1.54, 1.807) is 11.8 Å². The Labute approximate surface area is 136 Å². The lowest BCUT2D eigenvalue weighted by atomic mass is 10.1. The van der Waals surface area contributed by atoms with Gasteiger partial charge in [-0.3, -0.25) is 9.59 Å². The maximum absolute atomic E-state index is 12.6. The summed E-state index contributed by atoms with van der Waals surface area (Å²) in [6.45, 7) is 1.39. The molecule has 1 aliphatic carbocycles. The van der Waals surface area contributed by atoms with Crippen molar-refractivity contribution >= 4 is 36.0 Å². The minimum Gasteiger partial charge on any atom is -0.339 e. The van der Waals surface area contributed by atoms with Crippen molar-refractivity contribution < 1.29 is 9.59 Å². The van der Waals surface area contributed by atoms with Gasteiger partial charge in [0.25, 0.3) is 0 Å². The highest BCUT2D eigenvalue weighted by atomic mass is 35.5. The smallest absolute Gasteiger partial charge is 0.246 e. The number of nitrogens with two attached hydrogens (primary N) is 1. The van der Waals surface area contributed by atoms with Crippen molar-refractivity contribution in [2.75, 3.05) is 24.7 Å². The summed E-state index contributed by atoms with van der Waals surface area (Å²) in [4.78, 5) is 28.8. The van der Waals surface area contributed by atoms with E-state index in [1.165, 1.54) is 0 Å². The Kier molecular flexibility index (Phi) is 5.80. The minimum absolute atomic E-state index is 0. The van der Waals surface area contributed by atoms with Crippen molar-refractivity contribution in [2.45, 2.75) is 44.2 Å². The lowest BCUT2D eigenvalue weighted by Gasteiger charge is -2.29. The van der Waals surface area contributed by atoms with Crippen LogP contribution in [0.15, 0.2) is 0 Å². The Bertz CT molecular complexity index is 404. The van der Waals surface area contributed by atoms with Crippen LogP contribution in [0.2, 0.25) is 0 Å². The Morgan fingerprint density at radius 2 is 1.81 bits per heavy atom. The average Bonchev–Trinajstić information content (AvgIpc) is 3.18. The first-order valence-corrected chi connectivity index (χ1v) is 8.75. The Balaban J connectivity index is 0.00000161. The van der Waals surface area contributed by atoms with Crippen molar-refractivity contribution in [2.24, 2.45) is 11.7 Å². The van der Waals surface area contributed by atoms with Gasteiger partial charge in [-0.25, -0.2) is 0 Å². The molecule has 1 unspecified atom stereocenters. The highest BCUT2D eigenvalue weighted by Gasteiger charge is 2.40. The molecule has 120 valence electrons. The van der Waals surface area contributed by atoms with Crippen LogP contribution < -0.4 is 5.73 Å². The van der Waals surface area contributed by atoms with Gasteiger partial charge in [0.2, 0.25) is 11.8 Å². The van der Waals surface area contributed by atoms with Crippen molar-refractivity contribution in [3.63, 3.8) is 0 Å². The van der Waals surface area contributed by atoms with Gasteiger partial charge in [0.15, 0.2) is 0 Å². The summed E-state index contributed by atoms with van der Waals surface area (Å²) in [7, 11) is 0. The van der Waals surface area contributed by atoms with Crippen molar-refractivity contribution in [3.8, 4) is 0 Å². The number of nitrogens with zero attached hydrogens (tertiary/aromatic N) is 2. The largest absolute Gasteiger partial charge is 0.339 e. The molecule has 0 radical (unpaired) electrons. The summed E-state index contributed by atoms with van der Waals surface area (Å²) in [5.74, 6) is 1.88. The molecule has 2 heterocycles. The molecule has 2 N–H and O–H groups in total. The molecule has 2 aliphatic heterocycles. The lowest BCUT2D eigenvalue weighted by Crippen LogP contribution is -2.50. The third-order valence-electron chi connectivity index (χ3n) is 4.69. The molecule has 2 amide bonds. The molecule has 2 saturated heterocycles. The molecule has 2 atom stereocenters. The van der Waals surface area contributed by atoms with Crippen molar-refractivity contribution in [1.82, 2.24) is 9.80 Å². The fourth-order valence-corrected chi connectivity index (χ4v) is 4.63. The highest BCUT2D eigenvalue weighted by Crippen LogP contribution is 2.31. The van der Waals surface area contributed by atoms with E-state index in [0.29, 0.717) is 12.4 Å². The topological polar surface area (TPSA) is 66.6 Å². The standard InChI is InChI=1S/C14H23N3O2S.ClH/c15-11-5-6-16(7-11)14(19)12-8-20-9-17(12)13(18)10-3-1-2-4-10;/h10-12H,1-9,15H2;1H/t11-,12?;/m1./s1. The summed E-state index contributed by atoms with van der Waals surface area (Å²) in [6.07, 6.45) is 5.17. The summed E-state index contributed by atoms with van der Waals surface area (Å²) >= 11 is 1.69. The van der Waals surface area contributed by atoms with Crippen LogP contribution in [0.3, 0.4) is 0 Å². The number of hydrogen-bond acceptors (Lipinski definition) is 4. The number of halogens is 1. The molecular weight excluding hydrogens is 310 g/mol. The van der Waals surface area contributed by atoms with Crippen LogP contribution in [0.25, 0.3) is 0 Å². The number of carbonyl (C=O) groups excluding carboxylic acids is 2. The predicted octanol–water partition coefficient (Wildman–Crippen LogP) is 1.06. The van der Waals surface area contributed by atoms with E-state index in [-0.39, 0.29) is 42.2 Å². The predicted molar refractivity (Wildman–Crippen MR) is 86.3 cm³/mol. The van der Waals surface area contributed by atoms with E-state index >= 15 is 0 Å². The summed E-state index contributed by atoms with van der Waals surface area (Å²) in [6, 6.07) is -0.148. The number of likely N-dealkylation sites (tertiary alicyclic amines) is 1. The monoisotopic (exact) mass is 333 g/mol. The van der Waals surface area contributed by atoms with Gasteiger partial charge >= 0.3 is 0 Å². The van der Waals surface area contributed by atoms with Gasteiger partial charge in [-0.1, -0.05) is 12.8 Å². The van der Waals surface area contributed by atoms with Crippen molar-refractivity contribution in [3.05, 3.63) is 0 Å². The van der Waals surface area contributed by atoms with Crippen molar-refractivity contribution in [1.29, 1.82) is 0 Å². The summed E-state index contributed by atoms with van der Waals surface area (Å²) in [5, 5.41) is 0. The molecule has 21 heavy (non-hydrogen) atoms. The first-order valence-electron chi connectivity index (χ1n) is 7.59. The molecule has 0 aromatic rings. The maximum atomic E-state index is 12.6. The van der Waals surface area contributed by atoms with Crippen LogP contribution in [-0.4, -0.2) is 58.4 Å². The quantitative estimate of drug-likeness (QED) is 0.820. The Hall–Kier alpha value is -0.460. The van der Waals surface area contributed by atoms with Gasteiger partial charge in [0, 0.05) is 30.8 Å². The number of rotatable bonds is 2. The van der Waals surface area contributed by atoms with E-state index < -0.39 is 0 Å². The highest BCUT2D eigenvalue weighted by molar-refractivity contribution is 7.99. The zero-order valence-corrected chi connectivity index (χ0v) is 13.8.